The molecule has 146 valence electrons. The maximum absolute atomic E-state index is 12.8. The van der Waals surface area contributed by atoms with E-state index in [1.54, 1.807) is 0 Å². The van der Waals surface area contributed by atoms with Crippen LogP contribution in [0.4, 0.5) is 4.39 Å². The molecule has 2 aromatic rings. The molecule has 1 aliphatic rings. The largest absolute Gasteiger partial charge is 0.454 e. The van der Waals surface area contributed by atoms with Crippen LogP contribution in [-0.2, 0) is 20.7 Å². The van der Waals surface area contributed by atoms with E-state index in [4.69, 9.17) is 4.74 Å². The van der Waals surface area contributed by atoms with Crippen molar-refractivity contribution >= 4 is 17.8 Å². The Kier molecular flexibility index (Phi) is 6.37. The van der Waals surface area contributed by atoms with E-state index in [0.717, 1.165) is 37.0 Å². The predicted molar refractivity (Wildman–Crippen MR) is 100.0 cm³/mol. The maximum Gasteiger partial charge on any atom is 0.325 e. The van der Waals surface area contributed by atoms with Crippen LogP contribution in [0.5, 0.6) is 0 Å². The molecule has 0 heterocycles. The summed E-state index contributed by atoms with van der Waals surface area (Å²) in [5.74, 6) is -2.10. The Morgan fingerprint density at radius 2 is 1.82 bits per heavy atom. The predicted octanol–water partition coefficient (Wildman–Crippen LogP) is 2.29. The fraction of sp³-hybridized carbons (Fsp3) is 0.286. The zero-order valence-corrected chi connectivity index (χ0v) is 15.2. The molecule has 2 amide bonds. The Morgan fingerprint density at radius 1 is 1.07 bits per heavy atom. The summed E-state index contributed by atoms with van der Waals surface area (Å²) in [6, 6.07) is 12.8. The summed E-state index contributed by atoms with van der Waals surface area (Å²) in [7, 11) is 0. The van der Waals surface area contributed by atoms with Crippen LogP contribution in [0.25, 0.3) is 0 Å². The van der Waals surface area contributed by atoms with Gasteiger partial charge in [0, 0.05) is 5.56 Å². The number of hydrogen-bond acceptors (Lipinski definition) is 4. The quantitative estimate of drug-likeness (QED) is 0.749. The summed E-state index contributed by atoms with van der Waals surface area (Å²) in [5.41, 5.74) is 2.54. The second-order valence-corrected chi connectivity index (χ2v) is 6.56. The first-order valence-electron chi connectivity index (χ1n) is 9.09. The fourth-order valence-corrected chi connectivity index (χ4v) is 3.19. The highest BCUT2D eigenvalue weighted by molar-refractivity contribution is 5.96. The highest BCUT2D eigenvalue weighted by Crippen LogP contribution is 2.29. The normalized spacial score (nSPS) is 15.2. The average molecular weight is 384 g/mol. The number of carbonyl (C=O) groups is 3. The molecule has 0 radical (unpaired) electrons. The summed E-state index contributed by atoms with van der Waals surface area (Å²) in [4.78, 5) is 35.7. The Morgan fingerprint density at radius 3 is 2.61 bits per heavy atom. The van der Waals surface area contributed by atoms with E-state index in [0.29, 0.717) is 0 Å². The molecule has 1 aliphatic carbocycles. The first-order chi connectivity index (χ1) is 13.5. The van der Waals surface area contributed by atoms with Gasteiger partial charge in [0.15, 0.2) is 6.61 Å². The number of carbonyl (C=O) groups excluding carboxylic acids is 3. The van der Waals surface area contributed by atoms with Gasteiger partial charge in [-0.25, -0.2) is 4.39 Å². The molecule has 3 rings (SSSR count). The number of fused-ring (bicyclic) bond motifs is 1. The van der Waals surface area contributed by atoms with Crippen molar-refractivity contribution in [3.05, 3.63) is 71.0 Å². The monoisotopic (exact) mass is 384 g/mol. The van der Waals surface area contributed by atoms with Crippen molar-refractivity contribution in [2.75, 3.05) is 13.2 Å². The van der Waals surface area contributed by atoms with Crippen molar-refractivity contribution in [3.8, 4) is 0 Å². The third-order valence-electron chi connectivity index (χ3n) is 4.57. The molecule has 28 heavy (non-hydrogen) atoms. The van der Waals surface area contributed by atoms with Crippen molar-refractivity contribution in [2.24, 2.45) is 0 Å². The first kappa shape index (κ1) is 19.5. The van der Waals surface area contributed by atoms with Crippen LogP contribution in [0.15, 0.2) is 48.5 Å². The maximum atomic E-state index is 12.8. The lowest BCUT2D eigenvalue weighted by Gasteiger charge is -2.26. The van der Waals surface area contributed by atoms with Crippen molar-refractivity contribution < 1.29 is 23.5 Å². The van der Waals surface area contributed by atoms with Crippen molar-refractivity contribution in [3.63, 3.8) is 0 Å². The lowest BCUT2D eigenvalue weighted by Crippen LogP contribution is -2.36. The molecular weight excluding hydrogens is 363 g/mol. The molecule has 2 aromatic carbocycles. The molecule has 0 spiro atoms. The van der Waals surface area contributed by atoms with Crippen LogP contribution in [-0.4, -0.2) is 30.9 Å². The van der Waals surface area contributed by atoms with Gasteiger partial charge in [-0.2, -0.15) is 0 Å². The van der Waals surface area contributed by atoms with E-state index in [9.17, 15) is 18.8 Å². The van der Waals surface area contributed by atoms with Gasteiger partial charge < -0.3 is 15.4 Å². The van der Waals surface area contributed by atoms with Crippen LogP contribution < -0.4 is 10.6 Å². The van der Waals surface area contributed by atoms with Crippen LogP contribution >= 0.6 is 0 Å². The minimum atomic E-state index is -0.727. The van der Waals surface area contributed by atoms with Crippen molar-refractivity contribution in [1.29, 1.82) is 0 Å². The number of rotatable bonds is 6. The van der Waals surface area contributed by atoms with Gasteiger partial charge in [0.05, 0.1) is 6.04 Å². The lowest BCUT2D eigenvalue weighted by atomic mass is 9.88. The molecule has 0 aliphatic heterocycles. The zero-order chi connectivity index (χ0) is 19.9. The number of hydrogen-bond donors (Lipinski definition) is 2. The van der Waals surface area contributed by atoms with E-state index < -0.39 is 24.3 Å². The Bertz CT molecular complexity index is 867. The van der Waals surface area contributed by atoms with Crippen molar-refractivity contribution in [2.45, 2.75) is 25.3 Å². The number of halogens is 1. The third-order valence-corrected chi connectivity index (χ3v) is 4.57. The topological polar surface area (TPSA) is 84.5 Å². The minimum absolute atomic E-state index is 0.0886. The molecule has 0 unspecified atom stereocenters. The molecule has 2 N–H and O–H groups in total. The van der Waals surface area contributed by atoms with Crippen LogP contribution in [0.1, 0.15) is 40.4 Å². The SMILES string of the molecule is O=C(COC(=O)CNC(=O)c1ccc(F)cc1)N[C@@H]1CCCc2ccccc21. The molecule has 0 saturated heterocycles. The average Bonchev–Trinajstić information content (AvgIpc) is 2.71. The highest BCUT2D eigenvalue weighted by atomic mass is 19.1. The molecule has 1 atom stereocenters. The summed E-state index contributed by atoms with van der Waals surface area (Å²) in [6.07, 6.45) is 2.81. The number of esters is 1. The van der Waals surface area contributed by atoms with Gasteiger partial charge in [0.25, 0.3) is 11.8 Å². The fourth-order valence-electron chi connectivity index (χ4n) is 3.19. The van der Waals surface area contributed by atoms with Gasteiger partial charge in [0.2, 0.25) is 0 Å². The smallest absolute Gasteiger partial charge is 0.325 e. The van der Waals surface area contributed by atoms with Crippen LogP contribution in [0.2, 0.25) is 0 Å². The molecular formula is C21H21FN2O4. The van der Waals surface area contributed by atoms with Gasteiger partial charge in [-0.3, -0.25) is 14.4 Å². The second-order valence-electron chi connectivity index (χ2n) is 6.56. The number of aryl methyl sites for hydroxylation is 1. The van der Waals surface area contributed by atoms with E-state index in [2.05, 4.69) is 16.7 Å². The summed E-state index contributed by atoms with van der Waals surface area (Å²) < 4.78 is 17.8. The van der Waals surface area contributed by atoms with Crippen LogP contribution in [0, 0.1) is 5.82 Å². The number of nitrogens with one attached hydrogen (secondary N) is 2. The highest BCUT2D eigenvalue weighted by Gasteiger charge is 2.21. The Balaban J connectivity index is 1.42. The Labute approximate surface area is 162 Å². The van der Waals surface area contributed by atoms with E-state index in [-0.39, 0.29) is 24.1 Å². The zero-order valence-electron chi connectivity index (χ0n) is 15.2. The minimum Gasteiger partial charge on any atom is -0.454 e. The van der Waals surface area contributed by atoms with E-state index in [1.807, 2.05) is 18.2 Å². The standard InChI is InChI=1S/C21H21FN2O4/c22-16-10-8-15(9-11-16)21(27)23-12-20(26)28-13-19(25)24-18-7-3-5-14-4-1-2-6-17(14)18/h1-2,4,6,8-11,18H,3,5,7,12-13H2,(H,23,27)(H,24,25)/t18-/m1/s1. The number of benzene rings is 2. The molecule has 0 fully saturated rings. The molecule has 0 saturated carbocycles. The van der Waals surface area contributed by atoms with Gasteiger partial charge in [0.1, 0.15) is 12.4 Å². The summed E-state index contributed by atoms with van der Waals surface area (Å²) >= 11 is 0. The molecule has 7 heteroatoms. The van der Waals surface area contributed by atoms with Gasteiger partial charge in [-0.05, 0) is 54.7 Å². The Hall–Kier alpha value is -3.22. The summed E-state index contributed by atoms with van der Waals surface area (Å²) in [6.45, 7) is -0.792. The van der Waals surface area contributed by atoms with Crippen LogP contribution in [0.3, 0.4) is 0 Å². The molecule has 0 aromatic heterocycles. The number of ether oxygens (including phenoxy) is 1. The van der Waals surface area contributed by atoms with E-state index in [1.165, 1.54) is 17.7 Å². The molecule has 0 bridgehead atoms. The molecule has 6 nitrogen and oxygen atoms in total. The first-order valence-corrected chi connectivity index (χ1v) is 9.09. The van der Waals surface area contributed by atoms with Gasteiger partial charge in [-0.15, -0.1) is 0 Å². The third kappa shape index (κ3) is 5.16. The second kappa shape index (κ2) is 9.12. The van der Waals surface area contributed by atoms with Gasteiger partial charge >= 0.3 is 5.97 Å². The van der Waals surface area contributed by atoms with Crippen molar-refractivity contribution in [1.82, 2.24) is 10.6 Å². The van der Waals surface area contributed by atoms with Gasteiger partial charge in [-0.1, -0.05) is 24.3 Å². The summed E-state index contributed by atoms with van der Waals surface area (Å²) in [5, 5.41) is 5.26. The lowest BCUT2D eigenvalue weighted by molar-refractivity contribution is -0.147. The number of amides is 2. The van der Waals surface area contributed by atoms with E-state index >= 15 is 0 Å².